The van der Waals surface area contributed by atoms with E-state index in [1.165, 1.54) is 0 Å². The van der Waals surface area contributed by atoms with Crippen molar-refractivity contribution in [1.82, 2.24) is 5.32 Å². The van der Waals surface area contributed by atoms with Crippen molar-refractivity contribution in [3.05, 3.63) is 0 Å². The fraction of sp³-hybridized carbons (Fsp3) is 0.917. The number of carbonyl (C=O) groups excluding carboxylic acids is 1. The highest BCUT2D eigenvalue weighted by atomic mass is 16.5. The average molecular weight is 243 g/mol. The van der Waals surface area contributed by atoms with Crippen molar-refractivity contribution in [1.29, 1.82) is 0 Å². The van der Waals surface area contributed by atoms with E-state index in [4.69, 9.17) is 16.2 Å². The molecule has 1 saturated carbocycles. The van der Waals surface area contributed by atoms with E-state index in [1.807, 2.05) is 20.8 Å². The standard InChI is InChI=1S/C12H25N3O2/c1-4-17-9-8-12(14,11(9,2)3)10(16)15-7-5-6-13/h9H,4-8,13-14H2,1-3H3,(H,15,16). The van der Waals surface area contributed by atoms with Crippen LogP contribution in [0.5, 0.6) is 0 Å². The van der Waals surface area contributed by atoms with E-state index >= 15 is 0 Å². The lowest BCUT2D eigenvalue weighted by Crippen LogP contribution is -2.75. The van der Waals surface area contributed by atoms with Gasteiger partial charge in [-0.2, -0.15) is 0 Å². The average Bonchev–Trinajstić information content (AvgIpc) is 2.28. The zero-order valence-electron chi connectivity index (χ0n) is 11.1. The van der Waals surface area contributed by atoms with Crippen molar-refractivity contribution in [3.8, 4) is 0 Å². The van der Waals surface area contributed by atoms with Crippen LogP contribution in [-0.2, 0) is 9.53 Å². The zero-order chi connectivity index (χ0) is 13.1. The molecule has 1 amide bonds. The number of hydrogen-bond donors (Lipinski definition) is 3. The quantitative estimate of drug-likeness (QED) is 0.572. The number of amides is 1. The first-order chi connectivity index (χ1) is 7.90. The third kappa shape index (κ3) is 2.46. The number of carbonyl (C=O) groups is 1. The van der Waals surface area contributed by atoms with Gasteiger partial charge in [-0.05, 0) is 19.9 Å². The van der Waals surface area contributed by atoms with Crippen molar-refractivity contribution < 1.29 is 9.53 Å². The van der Waals surface area contributed by atoms with Crippen molar-refractivity contribution in [2.75, 3.05) is 19.7 Å². The van der Waals surface area contributed by atoms with Crippen LogP contribution in [-0.4, -0.2) is 37.2 Å². The maximum Gasteiger partial charge on any atom is 0.240 e. The van der Waals surface area contributed by atoms with E-state index in [9.17, 15) is 4.79 Å². The van der Waals surface area contributed by atoms with E-state index in [1.54, 1.807) is 0 Å². The molecule has 2 atom stereocenters. The summed E-state index contributed by atoms with van der Waals surface area (Å²) >= 11 is 0. The number of hydrogen-bond acceptors (Lipinski definition) is 4. The Morgan fingerprint density at radius 1 is 1.53 bits per heavy atom. The Balaban J connectivity index is 2.55. The van der Waals surface area contributed by atoms with E-state index in [0.717, 1.165) is 6.42 Å². The van der Waals surface area contributed by atoms with Crippen LogP contribution in [0.15, 0.2) is 0 Å². The Bertz CT molecular complexity index is 281. The Labute approximate surface area is 103 Å². The second-order valence-electron chi connectivity index (χ2n) is 5.24. The summed E-state index contributed by atoms with van der Waals surface area (Å²) in [4.78, 5) is 12.1. The molecular formula is C12H25N3O2. The summed E-state index contributed by atoms with van der Waals surface area (Å²) in [5, 5.41) is 2.84. The van der Waals surface area contributed by atoms with Crippen LogP contribution in [0.3, 0.4) is 0 Å². The van der Waals surface area contributed by atoms with E-state index in [2.05, 4.69) is 5.32 Å². The molecule has 1 rings (SSSR count). The van der Waals surface area contributed by atoms with Crippen LogP contribution in [0.2, 0.25) is 0 Å². The first-order valence-electron chi connectivity index (χ1n) is 6.29. The Morgan fingerprint density at radius 3 is 2.65 bits per heavy atom. The highest BCUT2D eigenvalue weighted by molar-refractivity contribution is 5.88. The summed E-state index contributed by atoms with van der Waals surface area (Å²) in [7, 11) is 0. The normalized spacial score (nSPS) is 30.8. The molecule has 5 heteroatoms. The summed E-state index contributed by atoms with van der Waals surface area (Å²) in [6.07, 6.45) is 1.43. The van der Waals surface area contributed by atoms with Gasteiger partial charge < -0.3 is 21.5 Å². The molecule has 1 aliphatic carbocycles. The topological polar surface area (TPSA) is 90.4 Å². The highest BCUT2D eigenvalue weighted by Crippen LogP contribution is 2.49. The fourth-order valence-corrected chi connectivity index (χ4v) is 2.28. The molecule has 5 N–H and O–H groups in total. The van der Waals surface area contributed by atoms with Gasteiger partial charge in [-0.1, -0.05) is 13.8 Å². The summed E-state index contributed by atoms with van der Waals surface area (Å²) in [6, 6.07) is 0. The van der Waals surface area contributed by atoms with Crippen molar-refractivity contribution in [2.24, 2.45) is 16.9 Å². The largest absolute Gasteiger partial charge is 0.378 e. The number of nitrogens with one attached hydrogen (secondary N) is 1. The van der Waals surface area contributed by atoms with Gasteiger partial charge in [0, 0.05) is 25.0 Å². The van der Waals surface area contributed by atoms with Gasteiger partial charge in [0.2, 0.25) is 5.91 Å². The monoisotopic (exact) mass is 243 g/mol. The van der Waals surface area contributed by atoms with Crippen molar-refractivity contribution >= 4 is 5.91 Å². The molecule has 0 aromatic carbocycles. The molecule has 0 aromatic heterocycles. The number of ether oxygens (including phenoxy) is 1. The second-order valence-corrected chi connectivity index (χ2v) is 5.24. The Hall–Kier alpha value is -0.650. The minimum absolute atomic E-state index is 0.0674. The van der Waals surface area contributed by atoms with E-state index in [-0.39, 0.29) is 17.4 Å². The first kappa shape index (κ1) is 14.4. The molecule has 17 heavy (non-hydrogen) atoms. The zero-order valence-corrected chi connectivity index (χ0v) is 11.1. The van der Waals surface area contributed by atoms with Gasteiger partial charge in [0.1, 0.15) is 5.54 Å². The second kappa shape index (κ2) is 5.33. The number of nitrogens with two attached hydrogens (primary N) is 2. The van der Waals surface area contributed by atoms with Gasteiger partial charge in [-0.25, -0.2) is 0 Å². The van der Waals surface area contributed by atoms with E-state index in [0.29, 0.717) is 26.1 Å². The van der Waals surface area contributed by atoms with Crippen LogP contribution in [0.25, 0.3) is 0 Å². The van der Waals surface area contributed by atoms with Gasteiger partial charge >= 0.3 is 0 Å². The molecule has 1 aliphatic rings. The van der Waals surface area contributed by atoms with Crippen LogP contribution in [0.1, 0.15) is 33.6 Å². The van der Waals surface area contributed by atoms with Gasteiger partial charge in [-0.15, -0.1) is 0 Å². The maximum atomic E-state index is 12.1. The number of rotatable bonds is 6. The predicted molar refractivity (Wildman–Crippen MR) is 67.4 cm³/mol. The molecule has 0 radical (unpaired) electrons. The highest BCUT2D eigenvalue weighted by Gasteiger charge is 2.62. The van der Waals surface area contributed by atoms with Gasteiger partial charge in [0.25, 0.3) is 0 Å². The molecule has 2 unspecified atom stereocenters. The molecule has 0 aliphatic heterocycles. The first-order valence-corrected chi connectivity index (χ1v) is 6.29. The molecule has 0 bridgehead atoms. The molecular weight excluding hydrogens is 218 g/mol. The molecule has 1 fully saturated rings. The minimum Gasteiger partial charge on any atom is -0.378 e. The summed E-state index contributed by atoms with van der Waals surface area (Å²) in [6.45, 7) is 7.73. The van der Waals surface area contributed by atoms with Gasteiger partial charge in [0.15, 0.2) is 0 Å². The maximum absolute atomic E-state index is 12.1. The molecule has 0 aromatic rings. The Morgan fingerprint density at radius 2 is 2.18 bits per heavy atom. The summed E-state index contributed by atoms with van der Waals surface area (Å²) < 4.78 is 5.58. The SMILES string of the molecule is CCOC1CC(N)(C(=O)NCCCN)C1(C)C. The van der Waals surface area contributed by atoms with Crippen LogP contribution in [0, 0.1) is 5.41 Å². The van der Waals surface area contributed by atoms with Crippen LogP contribution < -0.4 is 16.8 Å². The lowest BCUT2D eigenvalue weighted by atomic mass is 9.54. The third-order valence-electron chi connectivity index (χ3n) is 3.90. The third-order valence-corrected chi connectivity index (χ3v) is 3.90. The molecule has 0 spiro atoms. The smallest absolute Gasteiger partial charge is 0.240 e. The van der Waals surface area contributed by atoms with Gasteiger partial charge in [-0.3, -0.25) is 4.79 Å². The Kier molecular flexibility index (Phi) is 4.52. The van der Waals surface area contributed by atoms with Gasteiger partial charge in [0.05, 0.1) is 6.10 Å². The summed E-state index contributed by atoms with van der Waals surface area (Å²) in [5.41, 5.74) is 10.4. The van der Waals surface area contributed by atoms with Crippen molar-refractivity contribution in [3.63, 3.8) is 0 Å². The lowest BCUT2D eigenvalue weighted by Gasteiger charge is -2.57. The molecule has 100 valence electrons. The van der Waals surface area contributed by atoms with Crippen molar-refractivity contribution in [2.45, 2.75) is 45.3 Å². The minimum atomic E-state index is -0.818. The van der Waals surface area contributed by atoms with E-state index < -0.39 is 5.54 Å². The molecule has 0 heterocycles. The van der Waals surface area contributed by atoms with Crippen LogP contribution >= 0.6 is 0 Å². The summed E-state index contributed by atoms with van der Waals surface area (Å²) in [5.74, 6) is -0.0908. The predicted octanol–water partition coefficient (Wildman–Crippen LogP) is -0.0161. The molecule has 0 saturated heterocycles. The fourth-order valence-electron chi connectivity index (χ4n) is 2.28. The van der Waals surface area contributed by atoms with Crippen LogP contribution in [0.4, 0.5) is 0 Å². The molecule has 5 nitrogen and oxygen atoms in total. The lowest BCUT2D eigenvalue weighted by molar-refractivity contribution is -0.170.